The van der Waals surface area contributed by atoms with Crippen molar-refractivity contribution in [2.75, 3.05) is 0 Å². The molecule has 2 N–H and O–H groups in total. The van der Waals surface area contributed by atoms with Gasteiger partial charge >= 0.3 is 0 Å². The highest BCUT2D eigenvalue weighted by Crippen LogP contribution is 2.34. The van der Waals surface area contributed by atoms with Gasteiger partial charge in [0.2, 0.25) is 0 Å². The summed E-state index contributed by atoms with van der Waals surface area (Å²) in [5.41, 5.74) is 2.54. The van der Waals surface area contributed by atoms with Crippen molar-refractivity contribution >= 4 is 0 Å². The van der Waals surface area contributed by atoms with E-state index in [1.54, 1.807) is 0 Å². The summed E-state index contributed by atoms with van der Waals surface area (Å²) in [6, 6.07) is 0.112. The van der Waals surface area contributed by atoms with E-state index in [-0.39, 0.29) is 11.5 Å². The summed E-state index contributed by atoms with van der Waals surface area (Å²) >= 11 is 0. The summed E-state index contributed by atoms with van der Waals surface area (Å²) in [6.07, 6.45) is 2.83. The first-order valence-electron chi connectivity index (χ1n) is 5.38. The van der Waals surface area contributed by atoms with E-state index in [4.69, 9.17) is 0 Å². The SMILES string of the molecule is C=CCC(C)C(NO)C(C)(C)C(C)C. The minimum absolute atomic E-state index is 0.0805. The highest BCUT2D eigenvalue weighted by Gasteiger charge is 2.35. The largest absolute Gasteiger partial charge is 0.317 e. The van der Waals surface area contributed by atoms with Gasteiger partial charge in [0.1, 0.15) is 0 Å². The van der Waals surface area contributed by atoms with Crippen LogP contribution in [0.3, 0.4) is 0 Å². The van der Waals surface area contributed by atoms with Crippen LogP contribution in [0.1, 0.15) is 41.0 Å². The van der Waals surface area contributed by atoms with Gasteiger partial charge in [0.25, 0.3) is 0 Å². The normalized spacial score (nSPS) is 16.8. The number of allylic oxidation sites excluding steroid dienone is 1. The molecule has 14 heavy (non-hydrogen) atoms. The van der Waals surface area contributed by atoms with E-state index in [1.807, 2.05) is 6.08 Å². The van der Waals surface area contributed by atoms with E-state index in [2.05, 4.69) is 46.7 Å². The maximum atomic E-state index is 9.22. The van der Waals surface area contributed by atoms with Crippen LogP contribution in [0.25, 0.3) is 0 Å². The molecule has 0 saturated carbocycles. The van der Waals surface area contributed by atoms with Gasteiger partial charge in [-0.1, -0.05) is 40.7 Å². The van der Waals surface area contributed by atoms with E-state index in [1.165, 1.54) is 0 Å². The van der Waals surface area contributed by atoms with Gasteiger partial charge in [-0.25, -0.2) is 5.48 Å². The van der Waals surface area contributed by atoms with Gasteiger partial charge in [0, 0.05) is 6.04 Å². The molecule has 84 valence electrons. The lowest BCUT2D eigenvalue weighted by atomic mass is 9.70. The average molecular weight is 199 g/mol. The summed E-state index contributed by atoms with van der Waals surface area (Å²) in [7, 11) is 0. The Morgan fingerprint density at radius 2 is 1.86 bits per heavy atom. The molecule has 0 aliphatic carbocycles. The second-order valence-corrected chi connectivity index (χ2v) is 5.08. The second-order valence-electron chi connectivity index (χ2n) is 5.08. The van der Waals surface area contributed by atoms with Crippen LogP contribution in [0, 0.1) is 17.3 Å². The summed E-state index contributed by atoms with van der Waals surface area (Å²) in [4.78, 5) is 0. The molecule has 0 saturated heterocycles. The first-order chi connectivity index (χ1) is 6.37. The maximum Gasteiger partial charge on any atom is 0.0401 e. The molecule has 2 nitrogen and oxygen atoms in total. The third kappa shape index (κ3) is 3.10. The molecule has 2 unspecified atom stereocenters. The van der Waals surface area contributed by atoms with Gasteiger partial charge in [0.15, 0.2) is 0 Å². The Morgan fingerprint density at radius 1 is 1.36 bits per heavy atom. The van der Waals surface area contributed by atoms with Gasteiger partial charge < -0.3 is 5.21 Å². The van der Waals surface area contributed by atoms with E-state index < -0.39 is 0 Å². The maximum absolute atomic E-state index is 9.22. The lowest BCUT2D eigenvalue weighted by molar-refractivity contribution is 0.0137. The second kappa shape index (κ2) is 5.52. The van der Waals surface area contributed by atoms with Crippen LogP contribution < -0.4 is 5.48 Å². The molecule has 0 radical (unpaired) electrons. The zero-order chi connectivity index (χ0) is 11.4. The van der Waals surface area contributed by atoms with Gasteiger partial charge in [-0.2, -0.15) is 0 Å². The standard InChI is InChI=1S/C12H25NO/c1-7-8-10(4)11(13-14)12(5,6)9(2)3/h7,9-11,13-14H,1,8H2,2-6H3. The molecule has 2 heteroatoms. The van der Waals surface area contributed by atoms with Crippen molar-refractivity contribution in [2.24, 2.45) is 17.3 Å². The smallest absolute Gasteiger partial charge is 0.0401 e. The molecule has 0 heterocycles. The van der Waals surface area contributed by atoms with E-state index in [9.17, 15) is 5.21 Å². The van der Waals surface area contributed by atoms with Crippen LogP contribution in [-0.4, -0.2) is 11.2 Å². The molecule has 0 amide bonds. The highest BCUT2D eigenvalue weighted by molar-refractivity contribution is 4.90. The Morgan fingerprint density at radius 3 is 2.14 bits per heavy atom. The molecule has 0 spiro atoms. The number of nitrogens with one attached hydrogen (secondary N) is 1. The zero-order valence-electron chi connectivity index (χ0n) is 10.2. The van der Waals surface area contributed by atoms with Gasteiger partial charge in [-0.05, 0) is 23.7 Å². The Labute approximate surface area is 88.4 Å². The molecular formula is C12H25NO. The zero-order valence-corrected chi connectivity index (χ0v) is 10.2. The van der Waals surface area contributed by atoms with E-state index >= 15 is 0 Å². The first-order valence-corrected chi connectivity index (χ1v) is 5.38. The van der Waals surface area contributed by atoms with Crippen LogP contribution >= 0.6 is 0 Å². The van der Waals surface area contributed by atoms with Crippen LogP contribution in [0.5, 0.6) is 0 Å². The minimum atomic E-state index is 0.0805. The van der Waals surface area contributed by atoms with Crippen LogP contribution in [0.4, 0.5) is 0 Å². The summed E-state index contributed by atoms with van der Waals surface area (Å²) in [6.45, 7) is 14.6. The van der Waals surface area contributed by atoms with Crippen molar-refractivity contribution in [3.63, 3.8) is 0 Å². The molecule has 2 atom stereocenters. The molecule has 0 aromatic heterocycles. The van der Waals surface area contributed by atoms with Gasteiger partial charge in [-0.15, -0.1) is 6.58 Å². The van der Waals surface area contributed by atoms with Crippen LogP contribution in [-0.2, 0) is 0 Å². The topological polar surface area (TPSA) is 32.3 Å². The van der Waals surface area contributed by atoms with Gasteiger partial charge in [-0.3, -0.25) is 0 Å². The fraction of sp³-hybridized carbons (Fsp3) is 0.833. The lowest BCUT2D eigenvalue weighted by Crippen LogP contribution is -2.47. The van der Waals surface area contributed by atoms with Gasteiger partial charge in [0.05, 0.1) is 0 Å². The summed E-state index contributed by atoms with van der Waals surface area (Å²) < 4.78 is 0. The monoisotopic (exact) mass is 199 g/mol. The number of hydroxylamine groups is 1. The average Bonchev–Trinajstić information content (AvgIpc) is 2.04. The van der Waals surface area contributed by atoms with Crippen molar-refractivity contribution in [2.45, 2.75) is 47.1 Å². The number of rotatable bonds is 6. The molecule has 0 fully saturated rings. The van der Waals surface area contributed by atoms with Crippen LogP contribution in [0.2, 0.25) is 0 Å². The van der Waals surface area contributed by atoms with Crippen molar-refractivity contribution in [1.82, 2.24) is 5.48 Å². The Balaban J connectivity index is 4.60. The van der Waals surface area contributed by atoms with Crippen LogP contribution in [0.15, 0.2) is 12.7 Å². The Kier molecular flexibility index (Phi) is 5.38. The van der Waals surface area contributed by atoms with E-state index in [0.29, 0.717) is 11.8 Å². The van der Waals surface area contributed by atoms with Crippen molar-refractivity contribution in [1.29, 1.82) is 0 Å². The first kappa shape index (κ1) is 13.7. The number of hydrogen-bond donors (Lipinski definition) is 2. The third-order valence-corrected chi connectivity index (χ3v) is 3.54. The third-order valence-electron chi connectivity index (χ3n) is 3.54. The molecule has 0 aliphatic heterocycles. The number of hydrogen-bond acceptors (Lipinski definition) is 2. The quantitative estimate of drug-likeness (QED) is 0.508. The predicted molar refractivity (Wildman–Crippen MR) is 61.3 cm³/mol. The molecule has 0 rings (SSSR count). The van der Waals surface area contributed by atoms with Crippen molar-refractivity contribution in [3.05, 3.63) is 12.7 Å². The summed E-state index contributed by atoms with van der Waals surface area (Å²) in [5, 5.41) is 9.22. The summed E-state index contributed by atoms with van der Waals surface area (Å²) in [5.74, 6) is 0.925. The fourth-order valence-corrected chi connectivity index (χ4v) is 1.79. The Hall–Kier alpha value is -0.340. The Bertz CT molecular complexity index is 175. The molecule has 0 aromatic carbocycles. The minimum Gasteiger partial charge on any atom is -0.317 e. The van der Waals surface area contributed by atoms with E-state index in [0.717, 1.165) is 6.42 Å². The van der Waals surface area contributed by atoms with Crippen molar-refractivity contribution < 1.29 is 5.21 Å². The fourth-order valence-electron chi connectivity index (χ4n) is 1.79. The molecule has 0 aliphatic rings. The molecule has 0 bridgehead atoms. The predicted octanol–water partition coefficient (Wildman–Crippen LogP) is 3.23. The lowest BCUT2D eigenvalue weighted by Gasteiger charge is -2.40. The molecular weight excluding hydrogens is 174 g/mol. The molecule has 0 aromatic rings. The highest BCUT2D eigenvalue weighted by atomic mass is 16.5. The van der Waals surface area contributed by atoms with Crippen molar-refractivity contribution in [3.8, 4) is 0 Å².